The number of carbonyl (C=O) groups excluding carboxylic acids is 1. The van der Waals surface area contributed by atoms with Crippen molar-refractivity contribution in [3.63, 3.8) is 0 Å². The summed E-state index contributed by atoms with van der Waals surface area (Å²) in [6, 6.07) is 0. The summed E-state index contributed by atoms with van der Waals surface area (Å²) in [5.74, 6) is -1.34. The summed E-state index contributed by atoms with van der Waals surface area (Å²) in [6.07, 6.45) is -1.30. The normalized spacial score (nSPS) is 12.1. The molecule has 0 aliphatic rings. The van der Waals surface area contributed by atoms with Gasteiger partial charge in [0.2, 0.25) is 0 Å². The van der Waals surface area contributed by atoms with E-state index in [1.54, 1.807) is 0 Å². The highest BCUT2D eigenvalue weighted by Gasteiger charge is 2.13. The lowest BCUT2D eigenvalue weighted by Gasteiger charge is -2.01. The number of hydrogen-bond acceptors (Lipinski definition) is 3. The van der Waals surface area contributed by atoms with E-state index in [1.807, 2.05) is 0 Å². The van der Waals surface area contributed by atoms with Crippen LogP contribution in [-0.4, -0.2) is 28.6 Å². The van der Waals surface area contributed by atoms with Gasteiger partial charge in [-0.3, -0.25) is 4.79 Å². The van der Waals surface area contributed by atoms with Crippen molar-refractivity contribution in [1.29, 1.82) is 0 Å². The minimum absolute atomic E-state index is 0.0786. The van der Waals surface area contributed by atoms with Gasteiger partial charge in [0, 0.05) is 6.42 Å². The van der Waals surface area contributed by atoms with Gasteiger partial charge in [-0.2, -0.15) is 0 Å². The van der Waals surface area contributed by atoms with Crippen LogP contribution < -0.4 is 0 Å². The quantitative estimate of drug-likeness (QED) is 0.415. The summed E-state index contributed by atoms with van der Waals surface area (Å²) in [6.45, 7) is 3.20. The molecule has 2 N–H and O–H groups in total. The van der Waals surface area contributed by atoms with Gasteiger partial charge in [0.05, 0.1) is 0 Å². The van der Waals surface area contributed by atoms with E-state index in [0.29, 0.717) is 6.29 Å². The summed E-state index contributed by atoms with van der Waals surface area (Å²) < 4.78 is 0. The van der Waals surface area contributed by atoms with Crippen LogP contribution in [0, 0.1) is 0 Å². The Morgan fingerprint density at radius 1 is 1.70 bits per heavy atom. The van der Waals surface area contributed by atoms with Gasteiger partial charge < -0.3 is 10.2 Å². The van der Waals surface area contributed by atoms with Crippen molar-refractivity contribution >= 4 is 12.3 Å². The number of rotatable bonds is 4. The molecule has 0 spiro atoms. The third-order valence-corrected chi connectivity index (χ3v) is 0.907. The first-order valence-corrected chi connectivity index (χ1v) is 2.61. The van der Waals surface area contributed by atoms with Crippen molar-refractivity contribution in [3.8, 4) is 0 Å². The van der Waals surface area contributed by atoms with Gasteiger partial charge in [0.1, 0.15) is 6.29 Å². The van der Waals surface area contributed by atoms with E-state index < -0.39 is 12.1 Å². The summed E-state index contributed by atoms with van der Waals surface area (Å²) in [4.78, 5) is 19.8. The number of aliphatic hydroxyl groups is 1. The van der Waals surface area contributed by atoms with Crippen LogP contribution in [0.2, 0.25) is 0 Å². The third kappa shape index (κ3) is 2.99. The minimum Gasteiger partial charge on any atom is -0.479 e. The number of carboxylic acid groups (broad SMARTS) is 1. The van der Waals surface area contributed by atoms with Crippen LogP contribution in [0.4, 0.5) is 0 Å². The Morgan fingerprint density at radius 3 is 2.50 bits per heavy atom. The maximum atomic E-state index is 9.94. The molecule has 10 heavy (non-hydrogen) atoms. The van der Waals surface area contributed by atoms with Crippen molar-refractivity contribution in [2.75, 3.05) is 0 Å². The molecule has 56 valence electrons. The first-order valence-electron chi connectivity index (χ1n) is 2.61. The highest BCUT2D eigenvalue weighted by molar-refractivity contribution is 5.77. The zero-order valence-corrected chi connectivity index (χ0v) is 5.28. The largest absolute Gasteiger partial charge is 0.479 e. The zero-order chi connectivity index (χ0) is 8.15. The van der Waals surface area contributed by atoms with Crippen LogP contribution in [0.15, 0.2) is 12.2 Å². The molecule has 4 heteroatoms. The fourth-order valence-corrected chi connectivity index (χ4v) is 0.384. The van der Waals surface area contributed by atoms with Crippen LogP contribution in [0.1, 0.15) is 6.42 Å². The van der Waals surface area contributed by atoms with Crippen molar-refractivity contribution in [2.24, 2.45) is 0 Å². The smallest absolute Gasteiger partial charge is 0.332 e. The molecule has 0 rings (SSSR count). The second-order valence-corrected chi connectivity index (χ2v) is 1.83. The number of aliphatic carboxylic acids is 1. The molecule has 0 aromatic heterocycles. The predicted octanol–water partition coefficient (Wildman–Crippen LogP) is -0.423. The van der Waals surface area contributed by atoms with Gasteiger partial charge in [-0.15, -0.1) is 0 Å². The van der Waals surface area contributed by atoms with E-state index in [-0.39, 0.29) is 12.0 Å². The summed E-state index contributed by atoms with van der Waals surface area (Å²) >= 11 is 0. The average molecular weight is 144 g/mol. The fourth-order valence-electron chi connectivity index (χ4n) is 0.384. The standard InChI is InChI=1S/C6H8O4/c1-4(3-7)2-5(8)6(9)10/h3,5,8H,1-2H2,(H,9,10). The van der Waals surface area contributed by atoms with Crippen LogP contribution in [0.3, 0.4) is 0 Å². The highest BCUT2D eigenvalue weighted by Crippen LogP contribution is 1.99. The summed E-state index contributed by atoms with van der Waals surface area (Å²) in [7, 11) is 0. The van der Waals surface area contributed by atoms with E-state index in [0.717, 1.165) is 0 Å². The minimum atomic E-state index is -1.52. The molecule has 0 saturated carbocycles. The maximum Gasteiger partial charge on any atom is 0.332 e. The highest BCUT2D eigenvalue weighted by atomic mass is 16.4. The topological polar surface area (TPSA) is 74.6 Å². The molecule has 0 radical (unpaired) electrons. The monoisotopic (exact) mass is 144 g/mol. The molecule has 0 aliphatic carbocycles. The van der Waals surface area contributed by atoms with E-state index in [1.165, 1.54) is 0 Å². The molecule has 1 unspecified atom stereocenters. The van der Waals surface area contributed by atoms with E-state index in [4.69, 9.17) is 10.2 Å². The lowest BCUT2D eigenvalue weighted by Crippen LogP contribution is -2.19. The first-order chi connectivity index (χ1) is 4.57. The molecule has 0 saturated heterocycles. The Bertz CT molecular complexity index is 161. The van der Waals surface area contributed by atoms with Gasteiger partial charge in [0.15, 0.2) is 6.10 Å². The average Bonchev–Trinajstić information content (AvgIpc) is 1.87. The number of carbonyl (C=O) groups is 2. The number of carboxylic acids is 1. The molecule has 1 atom stereocenters. The van der Waals surface area contributed by atoms with Crippen molar-refractivity contribution in [2.45, 2.75) is 12.5 Å². The van der Waals surface area contributed by atoms with Crippen molar-refractivity contribution in [3.05, 3.63) is 12.2 Å². The molecular weight excluding hydrogens is 136 g/mol. The van der Waals surface area contributed by atoms with E-state index in [9.17, 15) is 9.59 Å². The lowest BCUT2D eigenvalue weighted by atomic mass is 10.1. The molecular formula is C6H8O4. The molecule has 0 heterocycles. The third-order valence-electron chi connectivity index (χ3n) is 0.907. The van der Waals surface area contributed by atoms with E-state index in [2.05, 4.69) is 6.58 Å². The number of hydrogen-bond donors (Lipinski definition) is 2. The van der Waals surface area contributed by atoms with Crippen molar-refractivity contribution in [1.82, 2.24) is 0 Å². The number of aldehydes is 1. The van der Waals surface area contributed by atoms with Gasteiger partial charge >= 0.3 is 5.97 Å². The van der Waals surface area contributed by atoms with Gasteiger partial charge in [-0.05, 0) is 5.57 Å². The molecule has 0 fully saturated rings. The fraction of sp³-hybridized carbons (Fsp3) is 0.333. The predicted molar refractivity (Wildman–Crippen MR) is 33.5 cm³/mol. The molecule has 0 amide bonds. The van der Waals surface area contributed by atoms with Gasteiger partial charge in [0.25, 0.3) is 0 Å². The van der Waals surface area contributed by atoms with E-state index >= 15 is 0 Å². The van der Waals surface area contributed by atoms with Gasteiger partial charge in [-0.25, -0.2) is 4.79 Å². The Labute approximate surface area is 57.8 Å². The van der Waals surface area contributed by atoms with Crippen LogP contribution in [-0.2, 0) is 9.59 Å². The van der Waals surface area contributed by atoms with Crippen molar-refractivity contribution < 1.29 is 19.8 Å². The van der Waals surface area contributed by atoms with Crippen LogP contribution in [0.5, 0.6) is 0 Å². The Kier molecular flexibility index (Phi) is 3.35. The van der Waals surface area contributed by atoms with Gasteiger partial charge in [-0.1, -0.05) is 6.58 Å². The molecule has 0 bridgehead atoms. The molecule has 4 nitrogen and oxygen atoms in total. The second-order valence-electron chi connectivity index (χ2n) is 1.83. The van der Waals surface area contributed by atoms with Crippen LogP contribution >= 0.6 is 0 Å². The lowest BCUT2D eigenvalue weighted by molar-refractivity contribution is -0.146. The molecule has 0 aromatic carbocycles. The SMILES string of the molecule is C=C(C=O)CC(O)C(=O)O. The molecule has 0 aromatic rings. The Hall–Kier alpha value is -1.16. The Morgan fingerprint density at radius 2 is 2.20 bits per heavy atom. The van der Waals surface area contributed by atoms with Crippen LogP contribution in [0.25, 0.3) is 0 Å². The second kappa shape index (κ2) is 3.79. The summed E-state index contributed by atoms with van der Waals surface area (Å²) in [5.41, 5.74) is 0.0786. The summed E-state index contributed by atoms with van der Waals surface area (Å²) in [5, 5.41) is 16.7. The zero-order valence-electron chi connectivity index (χ0n) is 5.28. The number of aliphatic hydroxyl groups excluding tert-OH is 1. The molecule has 0 aliphatic heterocycles. The first kappa shape index (κ1) is 8.84. The Balaban J connectivity index is 3.79. The maximum absolute atomic E-state index is 9.94.